The van der Waals surface area contributed by atoms with Gasteiger partial charge in [0, 0.05) is 24.3 Å². The quantitative estimate of drug-likeness (QED) is 0.316. The summed E-state index contributed by atoms with van der Waals surface area (Å²) in [5, 5.41) is 8.18. The number of carbonyl (C=O) groups is 2. The molecule has 0 rings (SSSR count). The highest BCUT2D eigenvalue weighted by Crippen LogP contribution is 2.04. The summed E-state index contributed by atoms with van der Waals surface area (Å²) in [7, 11) is 0. The smallest absolute Gasteiger partial charge is 0.240 e. The fourth-order valence-corrected chi connectivity index (χ4v) is 2.45. The fourth-order valence-electron chi connectivity index (χ4n) is 2.45. The lowest BCUT2D eigenvalue weighted by atomic mass is 10.1. The Balaban J connectivity index is 3.78. The van der Waals surface area contributed by atoms with Gasteiger partial charge in [-0.1, -0.05) is 34.1 Å². The van der Waals surface area contributed by atoms with Gasteiger partial charge in [0.15, 0.2) is 0 Å². The third-order valence-electron chi connectivity index (χ3n) is 3.46. The molecule has 25 heavy (non-hydrogen) atoms. The number of carbonyl (C=O) groups excluding carboxylic acids is 2. The lowest BCUT2D eigenvalue weighted by Gasteiger charge is -2.05. The van der Waals surface area contributed by atoms with Crippen LogP contribution < -0.4 is 10.9 Å². The van der Waals surface area contributed by atoms with Crippen LogP contribution in [0.5, 0.6) is 0 Å². The molecule has 0 heterocycles. The van der Waals surface area contributed by atoms with Crippen molar-refractivity contribution in [1.29, 1.82) is 0 Å². The summed E-state index contributed by atoms with van der Waals surface area (Å²) in [6.07, 6.45) is 4.99. The van der Waals surface area contributed by atoms with Crippen molar-refractivity contribution in [2.45, 2.75) is 86.5 Å². The number of hydrazone groups is 2. The number of hydrogen-bond acceptors (Lipinski definition) is 4. The van der Waals surface area contributed by atoms with E-state index in [-0.39, 0.29) is 11.8 Å². The molecule has 0 unspecified atom stereocenters. The van der Waals surface area contributed by atoms with Crippen LogP contribution in [0.15, 0.2) is 10.2 Å². The number of nitrogens with one attached hydrogen (secondary N) is 2. The molecule has 0 saturated heterocycles. The molecule has 144 valence electrons. The molecular weight excluding hydrogens is 316 g/mol. The molecule has 0 atom stereocenters. The van der Waals surface area contributed by atoms with E-state index in [9.17, 15) is 9.59 Å². The molecule has 0 aromatic heterocycles. The van der Waals surface area contributed by atoms with E-state index in [4.69, 9.17) is 0 Å². The lowest BCUT2D eigenvalue weighted by Crippen LogP contribution is -2.20. The molecule has 0 spiro atoms. The highest BCUT2D eigenvalue weighted by Gasteiger charge is 2.04. The van der Waals surface area contributed by atoms with Gasteiger partial charge in [-0.2, -0.15) is 10.2 Å². The van der Waals surface area contributed by atoms with Crippen molar-refractivity contribution >= 4 is 23.2 Å². The normalized spacial score (nSPS) is 12.6. The van der Waals surface area contributed by atoms with Crippen LogP contribution in [0.25, 0.3) is 0 Å². The zero-order valence-electron chi connectivity index (χ0n) is 16.8. The van der Waals surface area contributed by atoms with E-state index in [1.165, 1.54) is 0 Å². The molecule has 0 aliphatic rings. The Kier molecular flexibility index (Phi) is 12.6. The summed E-state index contributed by atoms with van der Waals surface area (Å²) >= 11 is 0. The summed E-state index contributed by atoms with van der Waals surface area (Å²) in [6.45, 7) is 12.3. The maximum atomic E-state index is 11.7. The van der Waals surface area contributed by atoms with Crippen LogP contribution in [0.2, 0.25) is 0 Å². The maximum absolute atomic E-state index is 11.7. The van der Waals surface area contributed by atoms with Crippen LogP contribution >= 0.6 is 0 Å². The molecule has 6 nitrogen and oxygen atoms in total. The van der Waals surface area contributed by atoms with Crippen molar-refractivity contribution in [2.24, 2.45) is 22.0 Å². The first-order chi connectivity index (χ1) is 11.7. The van der Waals surface area contributed by atoms with Crippen LogP contribution in [-0.4, -0.2) is 23.2 Å². The van der Waals surface area contributed by atoms with Gasteiger partial charge in [0.2, 0.25) is 11.8 Å². The molecule has 0 bridgehead atoms. The van der Waals surface area contributed by atoms with E-state index < -0.39 is 0 Å². The summed E-state index contributed by atoms with van der Waals surface area (Å²) in [5.74, 6) is 0.929. The average molecular weight is 353 g/mol. The van der Waals surface area contributed by atoms with Crippen molar-refractivity contribution in [3.63, 3.8) is 0 Å². The molecule has 0 aromatic carbocycles. The third-order valence-corrected chi connectivity index (χ3v) is 3.46. The van der Waals surface area contributed by atoms with E-state index in [2.05, 4.69) is 48.7 Å². The Morgan fingerprint density at radius 3 is 1.40 bits per heavy atom. The van der Waals surface area contributed by atoms with Gasteiger partial charge >= 0.3 is 0 Å². The molecule has 0 aromatic rings. The second kappa shape index (κ2) is 13.6. The maximum Gasteiger partial charge on any atom is 0.240 e. The van der Waals surface area contributed by atoms with E-state index >= 15 is 0 Å². The van der Waals surface area contributed by atoms with Gasteiger partial charge in [-0.3, -0.25) is 9.59 Å². The van der Waals surface area contributed by atoms with Crippen molar-refractivity contribution in [3.05, 3.63) is 0 Å². The fraction of sp³-hybridized carbons (Fsp3) is 0.789. The predicted molar refractivity (Wildman–Crippen MR) is 104 cm³/mol. The molecule has 0 radical (unpaired) electrons. The summed E-state index contributed by atoms with van der Waals surface area (Å²) in [4.78, 5) is 23.4. The highest BCUT2D eigenvalue weighted by atomic mass is 16.2. The number of hydrogen-bond donors (Lipinski definition) is 2. The van der Waals surface area contributed by atoms with E-state index in [0.29, 0.717) is 24.7 Å². The topological polar surface area (TPSA) is 82.9 Å². The van der Waals surface area contributed by atoms with Crippen molar-refractivity contribution in [3.8, 4) is 0 Å². The Hall–Kier alpha value is -1.72. The molecule has 0 fully saturated rings. The van der Waals surface area contributed by atoms with Gasteiger partial charge in [-0.15, -0.1) is 0 Å². The van der Waals surface area contributed by atoms with Crippen molar-refractivity contribution in [2.75, 3.05) is 0 Å². The average Bonchev–Trinajstić information content (AvgIpc) is 2.49. The zero-order valence-corrected chi connectivity index (χ0v) is 16.8. The zero-order chi connectivity index (χ0) is 19.2. The SMILES string of the molecule is C/C(CC(C)C)=N/NC(=O)CCCCCC(=O)N/N=C(/C)CC(C)C. The molecule has 0 aliphatic carbocycles. The van der Waals surface area contributed by atoms with Crippen molar-refractivity contribution in [1.82, 2.24) is 10.9 Å². The molecule has 0 aliphatic heterocycles. The molecule has 0 saturated carbocycles. The highest BCUT2D eigenvalue weighted by molar-refractivity contribution is 5.85. The number of rotatable bonds is 12. The van der Waals surface area contributed by atoms with Crippen LogP contribution in [0.3, 0.4) is 0 Å². The van der Waals surface area contributed by atoms with E-state index in [0.717, 1.165) is 43.5 Å². The number of amides is 2. The summed E-state index contributed by atoms with van der Waals surface area (Å²) in [5.41, 5.74) is 7.05. The van der Waals surface area contributed by atoms with Gasteiger partial charge in [0.1, 0.15) is 0 Å². The Labute approximate surface area is 152 Å². The molecule has 6 heteroatoms. The minimum atomic E-state index is -0.0681. The third kappa shape index (κ3) is 15.5. The minimum absolute atomic E-state index is 0.0681. The van der Waals surface area contributed by atoms with E-state index in [1.54, 1.807) is 0 Å². The van der Waals surface area contributed by atoms with Gasteiger partial charge in [-0.25, -0.2) is 10.9 Å². The Morgan fingerprint density at radius 1 is 0.720 bits per heavy atom. The monoisotopic (exact) mass is 352 g/mol. The minimum Gasteiger partial charge on any atom is -0.273 e. The Morgan fingerprint density at radius 2 is 1.08 bits per heavy atom. The summed E-state index contributed by atoms with van der Waals surface area (Å²) < 4.78 is 0. The molecule has 2 amide bonds. The number of nitrogens with zero attached hydrogens (tertiary/aromatic N) is 2. The van der Waals surface area contributed by atoms with Crippen LogP contribution in [-0.2, 0) is 9.59 Å². The lowest BCUT2D eigenvalue weighted by molar-refractivity contribution is -0.121. The van der Waals surface area contributed by atoms with Gasteiger partial charge in [-0.05, 0) is 51.4 Å². The van der Waals surface area contributed by atoms with Crippen LogP contribution in [0.4, 0.5) is 0 Å². The number of unbranched alkanes of at least 4 members (excludes halogenated alkanes) is 2. The molecular formula is C19H36N4O2. The first-order valence-electron chi connectivity index (χ1n) is 9.34. The first-order valence-corrected chi connectivity index (χ1v) is 9.34. The summed E-state index contributed by atoms with van der Waals surface area (Å²) in [6, 6.07) is 0. The first kappa shape index (κ1) is 23.3. The predicted octanol–water partition coefficient (Wildman–Crippen LogP) is 4.01. The van der Waals surface area contributed by atoms with E-state index in [1.807, 2.05) is 13.8 Å². The van der Waals surface area contributed by atoms with Crippen LogP contribution in [0, 0.1) is 11.8 Å². The van der Waals surface area contributed by atoms with Crippen LogP contribution in [0.1, 0.15) is 86.5 Å². The Bertz CT molecular complexity index is 426. The van der Waals surface area contributed by atoms with Gasteiger partial charge in [0.05, 0.1) is 0 Å². The van der Waals surface area contributed by atoms with Gasteiger partial charge in [0.25, 0.3) is 0 Å². The van der Waals surface area contributed by atoms with Crippen molar-refractivity contribution < 1.29 is 9.59 Å². The standard InChI is InChI=1S/C19H36N4O2/c1-14(2)12-16(5)20-22-18(24)10-8-7-9-11-19(25)23-21-17(6)13-15(3)4/h14-15H,7-13H2,1-6H3,(H,22,24)(H,23,25)/b20-16-,21-17-. The largest absolute Gasteiger partial charge is 0.273 e. The second-order valence-corrected chi connectivity index (χ2v) is 7.52. The van der Waals surface area contributed by atoms with Gasteiger partial charge < -0.3 is 0 Å². The molecule has 2 N–H and O–H groups in total. The second-order valence-electron chi connectivity index (χ2n) is 7.52.